The van der Waals surface area contributed by atoms with E-state index in [1.807, 2.05) is 47.4 Å². The van der Waals surface area contributed by atoms with E-state index in [2.05, 4.69) is 19.9 Å². The fraction of sp³-hybridized carbons (Fsp3) is 0.381. The van der Waals surface area contributed by atoms with Crippen LogP contribution < -0.4 is 10.5 Å². The van der Waals surface area contributed by atoms with Gasteiger partial charge in [0.2, 0.25) is 0 Å². The van der Waals surface area contributed by atoms with E-state index in [0.29, 0.717) is 31.0 Å². The van der Waals surface area contributed by atoms with Gasteiger partial charge in [0.15, 0.2) is 0 Å². The first-order valence-corrected chi connectivity index (χ1v) is 8.78. The lowest BCUT2D eigenvalue weighted by Crippen LogP contribution is -2.34. The van der Waals surface area contributed by atoms with Crippen LogP contribution in [0.5, 0.6) is 5.75 Å². The molecular weight excluding hydrogens is 348 g/mol. The number of ether oxygens (including phenoxy) is 1. The summed E-state index contributed by atoms with van der Waals surface area (Å²) < 4.78 is 5.99. The molecule has 1 fully saturated rings. The highest BCUT2D eigenvalue weighted by atomic mass is 35.5. The Hall–Kier alpha value is -2.04. The molecule has 4 nitrogen and oxygen atoms in total. The van der Waals surface area contributed by atoms with Crippen LogP contribution in [0.2, 0.25) is 0 Å². The summed E-state index contributed by atoms with van der Waals surface area (Å²) in [6, 6.07) is 15.6. The number of nitrogens with two attached hydrogens (primary N) is 1. The number of hydrogen-bond donors (Lipinski definition) is 1. The Morgan fingerprint density at radius 1 is 1.19 bits per heavy atom. The predicted molar refractivity (Wildman–Crippen MR) is 107 cm³/mol. The molecule has 1 aliphatic heterocycles. The van der Waals surface area contributed by atoms with E-state index in [1.54, 1.807) is 0 Å². The number of hydrogen-bond acceptors (Lipinski definition) is 3. The van der Waals surface area contributed by atoms with Gasteiger partial charge in [-0.15, -0.1) is 12.4 Å². The second-order valence-corrected chi connectivity index (χ2v) is 7.20. The molecule has 2 N–H and O–H groups in total. The van der Waals surface area contributed by atoms with Crippen molar-refractivity contribution >= 4 is 18.3 Å². The van der Waals surface area contributed by atoms with E-state index >= 15 is 0 Å². The van der Waals surface area contributed by atoms with Gasteiger partial charge in [-0.3, -0.25) is 4.79 Å². The molecule has 5 heteroatoms. The maximum Gasteiger partial charge on any atom is 0.257 e. The van der Waals surface area contributed by atoms with Crippen molar-refractivity contribution in [3.8, 4) is 5.75 Å². The number of rotatable bonds is 5. The number of carbonyl (C=O) groups excluding carboxylic acids is 1. The molecule has 0 bridgehead atoms. The summed E-state index contributed by atoms with van der Waals surface area (Å²) in [4.78, 5) is 14.8. The molecule has 0 saturated carbocycles. The van der Waals surface area contributed by atoms with Crippen LogP contribution >= 0.6 is 12.4 Å². The Balaban J connectivity index is 0.00000243. The highest BCUT2D eigenvalue weighted by molar-refractivity contribution is 5.97. The summed E-state index contributed by atoms with van der Waals surface area (Å²) in [7, 11) is 0. The van der Waals surface area contributed by atoms with E-state index in [1.165, 1.54) is 5.56 Å². The molecule has 1 atom stereocenters. The normalized spacial score (nSPS) is 19.1. The molecule has 0 spiro atoms. The fourth-order valence-electron chi connectivity index (χ4n) is 3.23. The maximum absolute atomic E-state index is 13.0. The molecule has 140 valence electrons. The van der Waals surface area contributed by atoms with Crippen LogP contribution in [0.1, 0.15) is 34.8 Å². The van der Waals surface area contributed by atoms with E-state index in [4.69, 9.17) is 10.5 Å². The second kappa shape index (κ2) is 8.56. The molecule has 1 amide bonds. The highest BCUT2D eigenvalue weighted by Gasteiger charge is 2.35. The quantitative estimate of drug-likeness (QED) is 0.865. The van der Waals surface area contributed by atoms with Gasteiger partial charge >= 0.3 is 0 Å². The molecule has 2 aromatic carbocycles. The number of amides is 1. The van der Waals surface area contributed by atoms with Crippen LogP contribution in [0.4, 0.5) is 0 Å². The van der Waals surface area contributed by atoms with Crippen molar-refractivity contribution < 1.29 is 9.53 Å². The van der Waals surface area contributed by atoms with Gasteiger partial charge < -0.3 is 15.4 Å². The first-order chi connectivity index (χ1) is 12.0. The van der Waals surface area contributed by atoms with Crippen molar-refractivity contribution in [2.45, 2.75) is 26.9 Å². The van der Waals surface area contributed by atoms with Gasteiger partial charge in [-0.25, -0.2) is 0 Å². The van der Waals surface area contributed by atoms with Crippen LogP contribution in [0, 0.1) is 12.3 Å². The maximum atomic E-state index is 13.0. The Morgan fingerprint density at radius 3 is 2.58 bits per heavy atom. The van der Waals surface area contributed by atoms with Crippen LogP contribution in [0.3, 0.4) is 0 Å². The lowest BCUT2D eigenvalue weighted by molar-refractivity contribution is 0.0772. The SMILES string of the molecule is Cc1ccccc1COc1ccccc1C(=O)N1CCC(C)(CN)C1.Cl. The van der Waals surface area contributed by atoms with E-state index in [9.17, 15) is 4.79 Å². The number of para-hydroxylation sites is 1. The van der Waals surface area contributed by atoms with Crippen LogP contribution in [0.25, 0.3) is 0 Å². The number of carbonyl (C=O) groups is 1. The Bertz CT molecular complexity index is 765. The molecule has 0 radical (unpaired) electrons. The number of aryl methyl sites for hydroxylation is 1. The number of halogens is 1. The largest absolute Gasteiger partial charge is 0.488 e. The van der Waals surface area contributed by atoms with Crippen molar-refractivity contribution in [1.29, 1.82) is 0 Å². The first-order valence-electron chi connectivity index (χ1n) is 8.78. The minimum atomic E-state index is 0. The molecule has 1 unspecified atom stereocenters. The van der Waals surface area contributed by atoms with Gasteiger partial charge in [0, 0.05) is 13.1 Å². The van der Waals surface area contributed by atoms with Crippen molar-refractivity contribution in [2.75, 3.05) is 19.6 Å². The zero-order valence-electron chi connectivity index (χ0n) is 15.4. The van der Waals surface area contributed by atoms with Crippen molar-refractivity contribution in [1.82, 2.24) is 4.90 Å². The van der Waals surface area contributed by atoms with Crippen molar-refractivity contribution in [3.63, 3.8) is 0 Å². The van der Waals surface area contributed by atoms with Gasteiger partial charge in [0.1, 0.15) is 12.4 Å². The summed E-state index contributed by atoms with van der Waals surface area (Å²) in [5.74, 6) is 0.662. The molecule has 1 heterocycles. The Kier molecular flexibility index (Phi) is 6.68. The van der Waals surface area contributed by atoms with Crippen molar-refractivity contribution in [3.05, 3.63) is 65.2 Å². The summed E-state index contributed by atoms with van der Waals surface area (Å²) in [6.45, 7) is 6.71. The van der Waals surface area contributed by atoms with Crippen molar-refractivity contribution in [2.24, 2.45) is 11.1 Å². The number of benzene rings is 2. The van der Waals surface area contributed by atoms with Gasteiger partial charge in [0.25, 0.3) is 5.91 Å². The summed E-state index contributed by atoms with van der Waals surface area (Å²) in [6.07, 6.45) is 0.946. The average molecular weight is 375 g/mol. The predicted octanol–water partition coefficient (Wildman–Crippen LogP) is 3.81. The topological polar surface area (TPSA) is 55.6 Å². The molecule has 1 aliphatic rings. The molecule has 26 heavy (non-hydrogen) atoms. The second-order valence-electron chi connectivity index (χ2n) is 7.20. The van der Waals surface area contributed by atoms with E-state index in [-0.39, 0.29) is 23.7 Å². The number of likely N-dealkylation sites (tertiary alicyclic amines) is 1. The molecule has 1 saturated heterocycles. The molecule has 0 aliphatic carbocycles. The third-order valence-electron chi connectivity index (χ3n) is 5.10. The summed E-state index contributed by atoms with van der Waals surface area (Å²) in [5.41, 5.74) is 8.82. The molecule has 2 aromatic rings. The highest BCUT2D eigenvalue weighted by Crippen LogP contribution is 2.31. The monoisotopic (exact) mass is 374 g/mol. The zero-order chi connectivity index (χ0) is 17.9. The van der Waals surface area contributed by atoms with Gasteiger partial charge in [-0.05, 0) is 48.6 Å². The third kappa shape index (κ3) is 4.37. The van der Waals surface area contributed by atoms with Crippen LogP contribution in [-0.2, 0) is 6.61 Å². The minimum Gasteiger partial charge on any atom is -0.488 e. The lowest BCUT2D eigenvalue weighted by Gasteiger charge is -2.23. The van der Waals surface area contributed by atoms with Crippen LogP contribution in [-0.4, -0.2) is 30.4 Å². The third-order valence-corrected chi connectivity index (χ3v) is 5.10. The molecule has 3 rings (SSSR count). The van der Waals surface area contributed by atoms with Gasteiger partial charge in [0.05, 0.1) is 5.56 Å². The standard InChI is InChI=1S/C21H26N2O2.ClH/c1-16-7-3-4-8-17(16)13-25-19-10-6-5-9-18(19)20(24)23-12-11-21(2,14-22)15-23;/h3-10H,11-15,22H2,1-2H3;1H. The summed E-state index contributed by atoms with van der Waals surface area (Å²) in [5, 5.41) is 0. The average Bonchev–Trinajstić information content (AvgIpc) is 3.04. The smallest absolute Gasteiger partial charge is 0.257 e. The first kappa shape index (κ1) is 20.3. The van der Waals surface area contributed by atoms with E-state index < -0.39 is 0 Å². The molecule has 0 aromatic heterocycles. The van der Waals surface area contributed by atoms with E-state index in [0.717, 1.165) is 18.5 Å². The molecular formula is C21H27ClN2O2. The zero-order valence-corrected chi connectivity index (χ0v) is 16.2. The number of nitrogens with zero attached hydrogens (tertiary/aromatic N) is 1. The lowest BCUT2D eigenvalue weighted by atomic mass is 9.90. The van der Waals surface area contributed by atoms with Gasteiger partial charge in [-0.1, -0.05) is 43.3 Å². The van der Waals surface area contributed by atoms with Crippen LogP contribution in [0.15, 0.2) is 48.5 Å². The Morgan fingerprint density at radius 2 is 1.88 bits per heavy atom. The Labute approximate surface area is 161 Å². The summed E-state index contributed by atoms with van der Waals surface area (Å²) >= 11 is 0. The fourth-order valence-corrected chi connectivity index (χ4v) is 3.23. The minimum absolute atomic E-state index is 0. The van der Waals surface area contributed by atoms with Gasteiger partial charge in [-0.2, -0.15) is 0 Å².